The SMILES string of the molecule is O=C(O)c1cccc(Cn2c(C(F)(F)F)cccc2=O)c1. The molecule has 1 heterocycles. The van der Waals surface area contributed by atoms with Crippen LogP contribution < -0.4 is 5.56 Å². The van der Waals surface area contributed by atoms with Crippen molar-refractivity contribution in [2.45, 2.75) is 12.7 Å². The Kier molecular flexibility index (Phi) is 3.84. The maximum absolute atomic E-state index is 12.9. The van der Waals surface area contributed by atoms with Crippen molar-refractivity contribution in [2.75, 3.05) is 0 Å². The lowest BCUT2D eigenvalue weighted by atomic mass is 10.1. The monoisotopic (exact) mass is 297 g/mol. The largest absolute Gasteiger partial charge is 0.478 e. The highest BCUT2D eigenvalue weighted by molar-refractivity contribution is 5.87. The van der Waals surface area contributed by atoms with Crippen molar-refractivity contribution >= 4 is 5.97 Å². The summed E-state index contributed by atoms with van der Waals surface area (Å²) in [4.78, 5) is 22.5. The Morgan fingerprint density at radius 2 is 1.81 bits per heavy atom. The van der Waals surface area contributed by atoms with Crippen LogP contribution in [-0.2, 0) is 12.7 Å². The topological polar surface area (TPSA) is 59.3 Å². The Bertz CT molecular complexity index is 735. The third-order valence-corrected chi connectivity index (χ3v) is 2.85. The van der Waals surface area contributed by atoms with E-state index in [1.54, 1.807) is 0 Å². The minimum Gasteiger partial charge on any atom is -0.478 e. The van der Waals surface area contributed by atoms with Gasteiger partial charge in [0.1, 0.15) is 5.69 Å². The predicted molar refractivity (Wildman–Crippen MR) is 68.2 cm³/mol. The smallest absolute Gasteiger partial charge is 0.431 e. The van der Waals surface area contributed by atoms with Crippen molar-refractivity contribution in [1.82, 2.24) is 4.57 Å². The molecule has 0 fully saturated rings. The normalized spacial score (nSPS) is 11.4. The first-order chi connectivity index (χ1) is 9.79. The van der Waals surface area contributed by atoms with E-state index in [1.165, 1.54) is 24.3 Å². The Morgan fingerprint density at radius 1 is 1.14 bits per heavy atom. The molecule has 0 bridgehead atoms. The molecule has 21 heavy (non-hydrogen) atoms. The summed E-state index contributed by atoms with van der Waals surface area (Å²) in [7, 11) is 0. The van der Waals surface area contributed by atoms with Crippen LogP contribution in [0.5, 0.6) is 0 Å². The van der Waals surface area contributed by atoms with Gasteiger partial charge in [-0.2, -0.15) is 13.2 Å². The maximum Gasteiger partial charge on any atom is 0.431 e. The van der Waals surface area contributed by atoms with Crippen LogP contribution in [0.1, 0.15) is 21.6 Å². The number of aromatic carboxylic acids is 1. The first-order valence-corrected chi connectivity index (χ1v) is 5.88. The summed E-state index contributed by atoms with van der Waals surface area (Å²) in [5, 5.41) is 8.87. The van der Waals surface area contributed by atoms with Crippen molar-refractivity contribution in [3.8, 4) is 0 Å². The van der Waals surface area contributed by atoms with Gasteiger partial charge >= 0.3 is 12.1 Å². The van der Waals surface area contributed by atoms with Crippen LogP contribution in [0.4, 0.5) is 13.2 Å². The zero-order valence-electron chi connectivity index (χ0n) is 10.6. The molecular formula is C14H10F3NO3. The van der Waals surface area contributed by atoms with Gasteiger partial charge in [0.2, 0.25) is 0 Å². The lowest BCUT2D eigenvalue weighted by Crippen LogP contribution is -2.27. The number of hydrogen-bond donors (Lipinski definition) is 1. The van der Waals surface area contributed by atoms with Crippen molar-refractivity contribution in [3.63, 3.8) is 0 Å². The van der Waals surface area contributed by atoms with Crippen LogP contribution in [0.25, 0.3) is 0 Å². The summed E-state index contributed by atoms with van der Waals surface area (Å²) in [6.45, 7) is -0.352. The molecule has 2 rings (SSSR count). The molecule has 2 aromatic rings. The van der Waals surface area contributed by atoms with Gasteiger partial charge in [-0.05, 0) is 23.8 Å². The fraction of sp³-hybridized carbons (Fsp3) is 0.143. The number of alkyl halides is 3. The number of nitrogens with zero attached hydrogens (tertiary/aromatic N) is 1. The summed E-state index contributed by atoms with van der Waals surface area (Å²) in [6.07, 6.45) is -4.66. The third-order valence-electron chi connectivity index (χ3n) is 2.85. The van der Waals surface area contributed by atoms with Crippen molar-refractivity contribution in [3.05, 3.63) is 69.6 Å². The third kappa shape index (κ3) is 3.31. The molecular weight excluding hydrogens is 287 g/mol. The Labute approximate surface area is 117 Å². The second-order valence-electron chi connectivity index (χ2n) is 4.34. The van der Waals surface area contributed by atoms with Gasteiger partial charge in [-0.3, -0.25) is 9.36 Å². The Balaban J connectivity index is 2.47. The first kappa shape index (κ1) is 14.8. The minimum atomic E-state index is -4.66. The van der Waals surface area contributed by atoms with E-state index in [-0.39, 0.29) is 12.1 Å². The number of hydrogen-bond acceptors (Lipinski definition) is 2. The molecule has 110 valence electrons. The summed E-state index contributed by atoms with van der Waals surface area (Å²) in [5.74, 6) is -1.19. The van der Waals surface area contributed by atoms with E-state index in [2.05, 4.69) is 0 Å². The van der Waals surface area contributed by atoms with E-state index in [0.29, 0.717) is 10.1 Å². The highest BCUT2D eigenvalue weighted by Gasteiger charge is 2.34. The summed E-state index contributed by atoms with van der Waals surface area (Å²) in [6, 6.07) is 8.31. The molecule has 7 heteroatoms. The molecule has 0 aliphatic rings. The maximum atomic E-state index is 12.9. The summed E-state index contributed by atoms with van der Waals surface area (Å²) >= 11 is 0. The fourth-order valence-corrected chi connectivity index (χ4v) is 1.92. The van der Waals surface area contributed by atoms with Gasteiger partial charge in [0.05, 0.1) is 12.1 Å². The number of carboxylic acid groups (broad SMARTS) is 1. The van der Waals surface area contributed by atoms with Crippen LogP contribution >= 0.6 is 0 Å². The van der Waals surface area contributed by atoms with Gasteiger partial charge in [-0.15, -0.1) is 0 Å². The van der Waals surface area contributed by atoms with Crippen LogP contribution in [-0.4, -0.2) is 15.6 Å². The molecule has 0 atom stereocenters. The molecule has 0 spiro atoms. The van der Waals surface area contributed by atoms with Crippen molar-refractivity contribution in [2.24, 2.45) is 0 Å². The molecule has 0 aliphatic carbocycles. The summed E-state index contributed by atoms with van der Waals surface area (Å²) in [5.41, 5.74) is -1.62. The Hall–Kier alpha value is -2.57. The minimum absolute atomic E-state index is 0.0509. The summed E-state index contributed by atoms with van der Waals surface area (Å²) < 4.78 is 39.2. The molecule has 1 aromatic heterocycles. The first-order valence-electron chi connectivity index (χ1n) is 5.88. The second kappa shape index (κ2) is 5.43. The zero-order chi connectivity index (χ0) is 15.6. The predicted octanol–water partition coefficient (Wildman–Crippen LogP) is 2.61. The van der Waals surface area contributed by atoms with Crippen molar-refractivity contribution in [1.29, 1.82) is 0 Å². The zero-order valence-corrected chi connectivity index (χ0v) is 10.6. The second-order valence-corrected chi connectivity index (χ2v) is 4.34. The number of halogens is 3. The van der Waals surface area contributed by atoms with Gasteiger partial charge in [-0.1, -0.05) is 18.2 Å². The molecule has 1 aromatic carbocycles. The molecule has 0 unspecified atom stereocenters. The lowest BCUT2D eigenvalue weighted by molar-refractivity contribution is -0.144. The molecule has 0 saturated carbocycles. The molecule has 4 nitrogen and oxygen atoms in total. The number of benzene rings is 1. The Morgan fingerprint density at radius 3 is 2.43 bits per heavy atom. The lowest BCUT2D eigenvalue weighted by Gasteiger charge is -2.15. The van der Waals surface area contributed by atoms with E-state index >= 15 is 0 Å². The number of carbonyl (C=O) groups is 1. The molecule has 0 aliphatic heterocycles. The average Bonchev–Trinajstić information content (AvgIpc) is 2.40. The van der Waals surface area contributed by atoms with Crippen LogP contribution in [0.2, 0.25) is 0 Å². The van der Waals surface area contributed by atoms with E-state index in [9.17, 15) is 22.8 Å². The number of carboxylic acids is 1. The molecule has 1 N–H and O–H groups in total. The van der Waals surface area contributed by atoms with E-state index in [1.807, 2.05) is 0 Å². The van der Waals surface area contributed by atoms with E-state index in [4.69, 9.17) is 5.11 Å². The van der Waals surface area contributed by atoms with E-state index in [0.717, 1.165) is 18.2 Å². The van der Waals surface area contributed by atoms with Gasteiger partial charge in [-0.25, -0.2) is 4.79 Å². The van der Waals surface area contributed by atoms with Gasteiger partial charge in [0.25, 0.3) is 5.56 Å². The quantitative estimate of drug-likeness (QED) is 0.947. The van der Waals surface area contributed by atoms with Crippen LogP contribution in [0, 0.1) is 0 Å². The number of pyridine rings is 1. The number of rotatable bonds is 3. The van der Waals surface area contributed by atoms with Crippen LogP contribution in [0.15, 0.2) is 47.3 Å². The van der Waals surface area contributed by atoms with Gasteiger partial charge < -0.3 is 5.11 Å². The van der Waals surface area contributed by atoms with Gasteiger partial charge in [0.15, 0.2) is 0 Å². The molecule has 0 radical (unpaired) electrons. The van der Waals surface area contributed by atoms with Crippen LogP contribution in [0.3, 0.4) is 0 Å². The van der Waals surface area contributed by atoms with E-state index < -0.39 is 23.4 Å². The highest BCUT2D eigenvalue weighted by Crippen LogP contribution is 2.28. The molecule has 0 amide bonds. The standard InChI is InChI=1S/C14H10F3NO3/c15-14(16,17)11-5-2-6-12(19)18(11)8-9-3-1-4-10(7-9)13(20)21/h1-7H,8H2,(H,20,21). The highest BCUT2D eigenvalue weighted by atomic mass is 19.4. The van der Waals surface area contributed by atoms with Gasteiger partial charge in [0, 0.05) is 6.07 Å². The average molecular weight is 297 g/mol. The fourth-order valence-electron chi connectivity index (χ4n) is 1.92. The number of aromatic nitrogens is 1. The van der Waals surface area contributed by atoms with Crippen molar-refractivity contribution < 1.29 is 23.1 Å². The molecule has 0 saturated heterocycles.